The monoisotopic (exact) mass is 439 g/mol. The van der Waals surface area contributed by atoms with Gasteiger partial charge in [0.25, 0.3) is 0 Å². The summed E-state index contributed by atoms with van der Waals surface area (Å²) in [4.78, 5) is 0. The van der Waals surface area contributed by atoms with Gasteiger partial charge in [-0.15, -0.1) is 6.58 Å². The maximum atomic E-state index is 4.38. The molecule has 27 heavy (non-hydrogen) atoms. The molecule has 0 spiro atoms. The molecule has 0 aliphatic rings. The summed E-state index contributed by atoms with van der Waals surface area (Å²) in [6, 6.07) is 2.86. The van der Waals surface area contributed by atoms with Crippen molar-refractivity contribution in [2.75, 3.05) is 0 Å². The maximum Gasteiger partial charge on any atom is 0.108 e. The van der Waals surface area contributed by atoms with Crippen LogP contribution in [0.4, 0.5) is 0 Å². The van der Waals surface area contributed by atoms with Crippen molar-refractivity contribution in [1.29, 1.82) is 0 Å². The van der Waals surface area contributed by atoms with Crippen molar-refractivity contribution in [2.45, 2.75) is 103 Å². The van der Waals surface area contributed by atoms with E-state index in [1.54, 1.807) is 0 Å². The Balaban J connectivity index is 5.43. The van der Waals surface area contributed by atoms with Crippen LogP contribution in [-0.2, 0) is 0 Å². The summed E-state index contributed by atoms with van der Waals surface area (Å²) in [6.45, 7) is 40.4. The van der Waals surface area contributed by atoms with E-state index in [4.69, 9.17) is 0 Å². The van der Waals surface area contributed by atoms with Crippen LogP contribution in [0.1, 0.15) is 19.8 Å². The van der Waals surface area contributed by atoms with E-state index in [1.807, 2.05) is 6.08 Å². The standard InChI is InChI=1S/C22H49NSi4/c1-15-21(4)16-17-22(20(2)3)26(11,12)18-19-27(13,14)23(24(5,6)7)25(8,9)10/h15,22H,1-2,4,16-19H2,3,5-14H3. The lowest BCUT2D eigenvalue weighted by Crippen LogP contribution is -2.70. The van der Waals surface area contributed by atoms with Crippen LogP contribution >= 0.6 is 0 Å². The molecule has 0 amide bonds. The number of nitrogens with zero attached hydrogens (tertiary/aromatic N) is 1. The van der Waals surface area contributed by atoms with Gasteiger partial charge >= 0.3 is 0 Å². The molecule has 0 saturated carbocycles. The van der Waals surface area contributed by atoms with Crippen molar-refractivity contribution in [1.82, 2.24) is 3.90 Å². The second-order valence-electron chi connectivity index (χ2n) is 11.8. The molecule has 1 atom stereocenters. The molecule has 0 aromatic heterocycles. The Hall–Kier alpha value is 0.0475. The molecule has 0 aliphatic heterocycles. The first kappa shape index (κ1) is 27.0. The van der Waals surface area contributed by atoms with Crippen molar-refractivity contribution in [3.05, 3.63) is 37.0 Å². The largest absolute Gasteiger partial charge is 0.369 e. The smallest absolute Gasteiger partial charge is 0.108 e. The zero-order valence-corrected chi connectivity index (χ0v) is 24.6. The molecule has 158 valence electrons. The molecule has 0 saturated heterocycles. The molecule has 1 nitrogen and oxygen atoms in total. The fraction of sp³-hybridized carbons (Fsp3) is 0.727. The predicted molar refractivity (Wildman–Crippen MR) is 140 cm³/mol. The highest BCUT2D eigenvalue weighted by molar-refractivity contribution is 7.04. The molecule has 1 unspecified atom stereocenters. The van der Waals surface area contributed by atoms with E-state index in [0.717, 1.165) is 6.42 Å². The lowest BCUT2D eigenvalue weighted by atomic mass is 10.1. The Morgan fingerprint density at radius 1 is 0.852 bits per heavy atom. The average molecular weight is 440 g/mol. The molecule has 5 heteroatoms. The molecule has 0 rings (SSSR count). The summed E-state index contributed by atoms with van der Waals surface area (Å²) in [5, 5.41) is 0. The van der Waals surface area contributed by atoms with Gasteiger partial charge in [-0.1, -0.05) is 102 Å². The zero-order valence-electron chi connectivity index (χ0n) is 20.6. The molecule has 0 radical (unpaired) electrons. The summed E-state index contributed by atoms with van der Waals surface area (Å²) in [5.41, 5.74) is 3.24. The fourth-order valence-electron chi connectivity index (χ4n) is 5.47. The first-order valence-electron chi connectivity index (χ1n) is 10.6. The highest BCUT2D eigenvalue weighted by Crippen LogP contribution is 2.40. The zero-order chi connectivity index (χ0) is 21.8. The highest BCUT2D eigenvalue weighted by atomic mass is 28.5. The molecule has 0 N–H and O–H groups in total. The molecule has 0 bridgehead atoms. The molecule has 0 aromatic rings. The van der Waals surface area contributed by atoms with Crippen LogP contribution in [-0.4, -0.2) is 36.7 Å². The van der Waals surface area contributed by atoms with Crippen LogP contribution in [0.3, 0.4) is 0 Å². The summed E-state index contributed by atoms with van der Waals surface area (Å²) < 4.78 is 3.13. The Morgan fingerprint density at radius 3 is 1.63 bits per heavy atom. The molecular formula is C22H49NSi4. The van der Waals surface area contributed by atoms with E-state index < -0.39 is 32.8 Å². The van der Waals surface area contributed by atoms with Gasteiger partial charge in [-0.05, 0) is 31.4 Å². The van der Waals surface area contributed by atoms with Crippen molar-refractivity contribution < 1.29 is 0 Å². The van der Waals surface area contributed by atoms with Gasteiger partial charge in [0.1, 0.15) is 24.7 Å². The number of allylic oxidation sites excluding steroid dienone is 3. The molecule has 0 heterocycles. The first-order valence-corrected chi connectivity index (χ1v) is 24.0. The SMILES string of the molecule is C=CC(=C)CCC(C(=C)C)[Si](C)(C)CC[Si](C)(C)N([Si](C)(C)C)[Si](C)(C)C. The van der Waals surface area contributed by atoms with E-state index in [2.05, 4.69) is 96.0 Å². The third-order valence-corrected chi connectivity index (χ3v) is 27.7. The predicted octanol–water partition coefficient (Wildman–Crippen LogP) is 8.34. The van der Waals surface area contributed by atoms with Gasteiger partial charge in [-0.3, -0.25) is 0 Å². The van der Waals surface area contributed by atoms with E-state index in [9.17, 15) is 0 Å². The molecule has 0 aliphatic carbocycles. The van der Waals surface area contributed by atoms with Gasteiger partial charge in [0, 0.05) is 0 Å². The summed E-state index contributed by atoms with van der Waals surface area (Å²) in [5.74, 6) is 0. The van der Waals surface area contributed by atoms with Gasteiger partial charge in [-0.2, -0.15) is 0 Å². The second-order valence-corrected chi connectivity index (χ2v) is 32.4. The number of rotatable bonds is 12. The first-order chi connectivity index (χ1) is 11.9. The lowest BCUT2D eigenvalue weighted by Gasteiger charge is -2.53. The van der Waals surface area contributed by atoms with Crippen LogP contribution < -0.4 is 0 Å². The minimum atomic E-state index is -1.42. The van der Waals surface area contributed by atoms with Crippen molar-refractivity contribution >= 4 is 32.8 Å². The third kappa shape index (κ3) is 8.52. The maximum absolute atomic E-state index is 4.38. The Morgan fingerprint density at radius 2 is 1.30 bits per heavy atom. The average Bonchev–Trinajstić information content (AvgIpc) is 2.40. The third-order valence-electron chi connectivity index (χ3n) is 5.91. The van der Waals surface area contributed by atoms with Gasteiger partial charge in [0.15, 0.2) is 0 Å². The summed E-state index contributed by atoms with van der Waals surface area (Å²) >= 11 is 0. The minimum Gasteiger partial charge on any atom is -0.369 e. The van der Waals surface area contributed by atoms with Gasteiger partial charge in [-0.25, -0.2) is 0 Å². The van der Waals surface area contributed by atoms with E-state index >= 15 is 0 Å². The van der Waals surface area contributed by atoms with Crippen LogP contribution in [0.5, 0.6) is 0 Å². The van der Waals surface area contributed by atoms with E-state index in [0.29, 0.717) is 5.54 Å². The van der Waals surface area contributed by atoms with Crippen LogP contribution in [0.15, 0.2) is 37.0 Å². The van der Waals surface area contributed by atoms with Crippen LogP contribution in [0.25, 0.3) is 0 Å². The van der Waals surface area contributed by atoms with Gasteiger partial charge < -0.3 is 3.90 Å². The Kier molecular flexibility index (Phi) is 9.72. The minimum absolute atomic E-state index is 0.686. The summed E-state index contributed by atoms with van der Waals surface area (Å²) in [7, 11) is -5.41. The molecule has 0 fully saturated rings. The summed E-state index contributed by atoms with van der Waals surface area (Å²) in [6.07, 6.45) is 4.18. The normalized spacial score (nSPS) is 15.0. The van der Waals surface area contributed by atoms with Crippen molar-refractivity contribution in [3.63, 3.8) is 0 Å². The van der Waals surface area contributed by atoms with Crippen LogP contribution in [0, 0.1) is 0 Å². The fourth-order valence-corrected chi connectivity index (χ4v) is 36.6. The van der Waals surface area contributed by atoms with E-state index in [1.165, 1.54) is 29.7 Å². The van der Waals surface area contributed by atoms with Crippen molar-refractivity contribution in [2.24, 2.45) is 0 Å². The quantitative estimate of drug-likeness (QED) is 0.168. The van der Waals surface area contributed by atoms with Crippen LogP contribution in [0.2, 0.25) is 83.1 Å². The molecular weight excluding hydrogens is 391 g/mol. The van der Waals surface area contributed by atoms with Crippen molar-refractivity contribution in [3.8, 4) is 0 Å². The Bertz CT molecular complexity index is 521. The lowest BCUT2D eigenvalue weighted by molar-refractivity contribution is 0.782. The van der Waals surface area contributed by atoms with Gasteiger partial charge in [0.05, 0.1) is 8.07 Å². The second kappa shape index (κ2) is 9.70. The Labute approximate surface area is 176 Å². The number of hydrogen-bond acceptors (Lipinski definition) is 1. The topological polar surface area (TPSA) is 3.24 Å². The van der Waals surface area contributed by atoms with E-state index in [-0.39, 0.29) is 0 Å². The highest BCUT2D eigenvalue weighted by Gasteiger charge is 2.45. The molecule has 0 aromatic carbocycles. The number of hydrogen-bond donors (Lipinski definition) is 0. The van der Waals surface area contributed by atoms with Gasteiger partial charge in [0.2, 0.25) is 0 Å².